The summed E-state index contributed by atoms with van der Waals surface area (Å²) >= 11 is 0. The number of amides is 4. The fourth-order valence-corrected chi connectivity index (χ4v) is 9.09. The number of nitrogens with zero attached hydrogens (tertiary/aromatic N) is 4. The number of nitrogens with one attached hydrogen (secondary N) is 2. The number of ether oxygens (including phenoxy) is 1. The fraction of sp³-hybridized carbons (Fsp3) is 0.815. The summed E-state index contributed by atoms with van der Waals surface area (Å²) in [5, 5.41) is 15.5. The predicted molar refractivity (Wildman–Crippen MR) is 277 cm³/mol. The summed E-state index contributed by atoms with van der Waals surface area (Å²) in [5.41, 5.74) is -0.310. The summed E-state index contributed by atoms with van der Waals surface area (Å²) in [5.74, 6) is -0.942. The summed E-state index contributed by atoms with van der Waals surface area (Å²) in [6.45, 7) is 39.9. The van der Waals surface area contributed by atoms with Crippen molar-refractivity contribution >= 4 is 35.6 Å². The van der Waals surface area contributed by atoms with Crippen LogP contribution in [0.2, 0.25) is 0 Å². The van der Waals surface area contributed by atoms with Crippen LogP contribution in [0.1, 0.15) is 170 Å². The number of carbonyl (C=O) groups excluding carboxylic acids is 5. The minimum Gasteiger partial charge on any atom is -0.870 e. The Morgan fingerprint density at radius 2 is 0.943 bits per heavy atom. The molecule has 15 nitrogen and oxygen atoms in total. The second-order valence-corrected chi connectivity index (χ2v) is 23.2. The maximum Gasteiger partial charge on any atom is 1.00 e. The number of carboxylic acid groups (broad SMARTS) is 1. The van der Waals surface area contributed by atoms with E-state index in [9.17, 15) is 33.9 Å². The molecule has 0 aromatic rings. The zero-order valence-corrected chi connectivity index (χ0v) is 48.0. The molecule has 2 heterocycles. The molecule has 4 N–H and O–H groups in total. The van der Waals surface area contributed by atoms with Crippen molar-refractivity contribution in [3.63, 3.8) is 0 Å². The minimum atomic E-state index is -1.00. The topological polar surface area (TPSA) is 199 Å². The number of likely N-dealkylation sites (tertiary alicyclic amines) is 2. The maximum absolute atomic E-state index is 13.8. The van der Waals surface area contributed by atoms with Crippen LogP contribution in [0.3, 0.4) is 0 Å². The zero-order valence-electron chi connectivity index (χ0n) is 48.0. The van der Waals surface area contributed by atoms with Crippen LogP contribution in [0.4, 0.5) is 0 Å². The summed E-state index contributed by atoms with van der Waals surface area (Å²) in [6, 6.07) is -1.99. The molecule has 400 valence electrons. The van der Waals surface area contributed by atoms with Crippen LogP contribution in [0.5, 0.6) is 0 Å². The third kappa shape index (κ3) is 20.4. The van der Waals surface area contributed by atoms with Crippen LogP contribution in [-0.4, -0.2) is 148 Å². The minimum absolute atomic E-state index is 0. The number of hydrogen-bond acceptors (Lipinski definition) is 10. The molecule has 0 aromatic carbocycles. The SMILES string of the molecule is C/C(=C\[C@H](C(C)C)N(C)C(=O)C(NC(=O)C1CCCCN1C(C)C(C)C)C(C)(C)C)C(=O)O.CCOC(=O)/C(C)=C/[C@H](C(C)C)N(C)C(=O)C(NC(=O)C1CCCCN1C(C)C(C)C)C(C)(C)C.[Li+].[OH-]. The molecule has 8 atom stereocenters. The molecule has 4 amide bonds. The van der Waals surface area contributed by atoms with Gasteiger partial charge in [0.25, 0.3) is 0 Å². The standard InChI is InChI=1S/C28H51N3O4.C26H47N3O4.Li.H2O/c1-12-35-27(34)20(6)17-23(19(4)5)30(11)26(33)24(28(8,9)10)29-25(32)22-15-13-14-16-31(22)21(7)18(2)3;1-16(2)19(6)29-14-12-11-13-20(29)23(30)27-22(26(7,8)9)24(31)28(10)21(17(3)4)15-18(5)25(32)33;;/h17-19,21-24H,12-16H2,1-11H3,(H,29,32);15-17,19-22H,11-14H2,1-10H3,(H,27,30)(H,32,33);;1H2/q;;+1;/p-1/b20-17+;18-15+;;/t21?,22?,23-,24?;19?,20?,21-,22?;;/m11../s1. The zero-order chi connectivity index (χ0) is 52.8. The Morgan fingerprint density at radius 1 is 0.614 bits per heavy atom. The van der Waals surface area contributed by atoms with Crippen molar-refractivity contribution in [2.45, 2.75) is 218 Å². The van der Waals surface area contributed by atoms with Gasteiger partial charge in [-0.1, -0.05) is 122 Å². The molecule has 2 fully saturated rings. The molecular weight excluding hydrogens is 884 g/mol. The number of piperidine rings is 2. The number of likely N-dealkylation sites (N-methyl/N-ethyl adjacent to an activating group) is 2. The number of aliphatic carboxylic acids is 1. The maximum atomic E-state index is 13.8. The summed E-state index contributed by atoms with van der Waals surface area (Å²) in [7, 11) is 3.44. The molecule has 0 bridgehead atoms. The van der Waals surface area contributed by atoms with E-state index in [-0.39, 0.29) is 102 Å². The van der Waals surface area contributed by atoms with E-state index in [4.69, 9.17) is 4.74 Å². The van der Waals surface area contributed by atoms with Gasteiger partial charge in [-0.05, 0) is 108 Å². The Labute approximate surface area is 436 Å². The first-order valence-corrected chi connectivity index (χ1v) is 25.6. The van der Waals surface area contributed by atoms with E-state index in [1.165, 1.54) is 6.92 Å². The van der Waals surface area contributed by atoms with E-state index >= 15 is 0 Å². The van der Waals surface area contributed by atoms with Crippen LogP contribution in [0, 0.1) is 34.5 Å². The Hall–Kier alpha value is -3.22. The molecule has 6 unspecified atom stereocenters. The third-order valence-corrected chi connectivity index (χ3v) is 14.2. The molecule has 2 rings (SSSR count). The van der Waals surface area contributed by atoms with Crippen molar-refractivity contribution in [2.75, 3.05) is 33.8 Å². The van der Waals surface area contributed by atoms with Gasteiger partial charge in [0.05, 0.1) is 30.8 Å². The average molecular weight is 983 g/mol. The number of rotatable bonds is 19. The molecule has 2 aliphatic heterocycles. The second-order valence-electron chi connectivity index (χ2n) is 23.2. The van der Waals surface area contributed by atoms with Gasteiger partial charge in [-0.2, -0.15) is 0 Å². The molecule has 16 heteroatoms. The number of carbonyl (C=O) groups is 6. The van der Waals surface area contributed by atoms with E-state index in [0.29, 0.717) is 30.1 Å². The Morgan fingerprint density at radius 3 is 1.21 bits per heavy atom. The van der Waals surface area contributed by atoms with Crippen LogP contribution in [-0.2, 0) is 33.5 Å². The summed E-state index contributed by atoms with van der Waals surface area (Å²) < 4.78 is 5.12. The third-order valence-electron chi connectivity index (χ3n) is 14.2. The van der Waals surface area contributed by atoms with Gasteiger partial charge in [0.15, 0.2) is 0 Å². The molecular formula is C54H99LiN6O9. The summed E-state index contributed by atoms with van der Waals surface area (Å²) in [4.78, 5) is 85.9. The van der Waals surface area contributed by atoms with Crippen molar-refractivity contribution in [1.82, 2.24) is 30.2 Å². The smallest absolute Gasteiger partial charge is 0.870 e. The van der Waals surface area contributed by atoms with Gasteiger partial charge in [-0.25, -0.2) is 9.59 Å². The molecule has 0 saturated carbocycles. The molecule has 0 aromatic heterocycles. The fourth-order valence-electron chi connectivity index (χ4n) is 9.09. The van der Waals surface area contributed by atoms with E-state index in [0.717, 1.165) is 51.6 Å². The first-order valence-electron chi connectivity index (χ1n) is 25.6. The van der Waals surface area contributed by atoms with Gasteiger partial charge in [0.1, 0.15) is 12.1 Å². The van der Waals surface area contributed by atoms with Crippen molar-refractivity contribution < 1.29 is 62.9 Å². The van der Waals surface area contributed by atoms with E-state index in [1.54, 1.807) is 49.9 Å². The Bertz CT molecular complexity index is 1740. The van der Waals surface area contributed by atoms with Crippen LogP contribution < -0.4 is 29.5 Å². The first-order chi connectivity index (χ1) is 31.2. The van der Waals surface area contributed by atoms with Crippen molar-refractivity contribution in [1.29, 1.82) is 0 Å². The first kappa shape index (κ1) is 68.9. The molecule has 0 spiro atoms. The monoisotopic (exact) mass is 983 g/mol. The second kappa shape index (κ2) is 30.7. The van der Waals surface area contributed by atoms with Crippen LogP contribution in [0.25, 0.3) is 0 Å². The molecule has 2 saturated heterocycles. The number of esters is 1. The van der Waals surface area contributed by atoms with E-state index in [2.05, 4.69) is 62.0 Å². The largest absolute Gasteiger partial charge is 1.00 e. The molecule has 0 radical (unpaired) electrons. The van der Waals surface area contributed by atoms with Gasteiger partial charge in [-0.3, -0.25) is 29.0 Å². The molecule has 2 aliphatic rings. The van der Waals surface area contributed by atoms with Crippen molar-refractivity contribution in [3.05, 3.63) is 23.3 Å². The Kier molecular flexibility index (Phi) is 30.2. The van der Waals surface area contributed by atoms with Gasteiger partial charge in [0.2, 0.25) is 23.6 Å². The van der Waals surface area contributed by atoms with Crippen LogP contribution >= 0.6 is 0 Å². The van der Waals surface area contributed by atoms with Gasteiger partial charge < -0.3 is 35.8 Å². The van der Waals surface area contributed by atoms with Crippen LogP contribution in [0.15, 0.2) is 23.3 Å². The van der Waals surface area contributed by atoms with E-state index < -0.39 is 28.9 Å². The van der Waals surface area contributed by atoms with Gasteiger partial charge >= 0.3 is 30.8 Å². The van der Waals surface area contributed by atoms with Crippen molar-refractivity contribution in [3.8, 4) is 0 Å². The van der Waals surface area contributed by atoms with Gasteiger partial charge in [-0.15, -0.1) is 0 Å². The molecule has 0 aliphatic carbocycles. The number of hydrogen-bond donors (Lipinski definition) is 3. The summed E-state index contributed by atoms with van der Waals surface area (Å²) in [6.07, 6.45) is 9.21. The normalized spacial score (nSPS) is 20.1. The van der Waals surface area contributed by atoms with Gasteiger partial charge in [0, 0.05) is 37.3 Å². The van der Waals surface area contributed by atoms with Crippen molar-refractivity contribution in [2.24, 2.45) is 34.5 Å². The Balaban J connectivity index is 0. The average Bonchev–Trinajstić information content (AvgIpc) is 3.25. The number of carboxylic acids is 1. The quantitative estimate of drug-likeness (QED) is 0.0878. The van der Waals surface area contributed by atoms with E-state index in [1.807, 2.05) is 69.2 Å². The molecule has 70 heavy (non-hydrogen) atoms. The predicted octanol–water partition coefficient (Wildman–Crippen LogP) is 5.17.